The zero-order chi connectivity index (χ0) is 13.4. The van der Waals surface area contributed by atoms with Gasteiger partial charge in [-0.1, -0.05) is 27.7 Å². The summed E-state index contributed by atoms with van der Waals surface area (Å²) in [5.41, 5.74) is 0.441. The summed E-state index contributed by atoms with van der Waals surface area (Å²) in [6, 6.07) is 0. The maximum atomic E-state index is 5.79. The zero-order valence-corrected chi connectivity index (χ0v) is 12.8. The summed E-state index contributed by atoms with van der Waals surface area (Å²) in [6.07, 6.45) is 4.00. The summed E-state index contributed by atoms with van der Waals surface area (Å²) in [6.45, 7) is 15.7. The zero-order valence-electron chi connectivity index (χ0n) is 12.8. The highest BCUT2D eigenvalue weighted by Gasteiger charge is 2.16. The third kappa shape index (κ3) is 7.34. The lowest BCUT2D eigenvalue weighted by Gasteiger charge is -2.23. The van der Waals surface area contributed by atoms with Crippen LogP contribution < -0.4 is 5.32 Å². The molecule has 1 aliphatic heterocycles. The molecule has 108 valence electrons. The van der Waals surface area contributed by atoms with Gasteiger partial charge < -0.3 is 10.1 Å². The van der Waals surface area contributed by atoms with E-state index in [2.05, 4.69) is 37.9 Å². The first-order valence-electron chi connectivity index (χ1n) is 7.56. The Hall–Kier alpha value is -0.120. The molecule has 0 bridgehead atoms. The van der Waals surface area contributed by atoms with Crippen LogP contribution in [0.4, 0.5) is 0 Å². The Bertz CT molecular complexity index is 213. The molecule has 1 heterocycles. The summed E-state index contributed by atoms with van der Waals surface area (Å²) in [5.74, 6) is 0. The monoisotopic (exact) mass is 256 g/mol. The van der Waals surface area contributed by atoms with E-state index >= 15 is 0 Å². The Kier molecular flexibility index (Phi) is 7.20. The summed E-state index contributed by atoms with van der Waals surface area (Å²) >= 11 is 0. The molecule has 1 N–H and O–H groups in total. The van der Waals surface area contributed by atoms with E-state index in [4.69, 9.17) is 4.74 Å². The summed E-state index contributed by atoms with van der Waals surface area (Å²) in [7, 11) is 0. The molecule has 0 spiro atoms. The third-order valence-corrected chi connectivity index (χ3v) is 3.55. The van der Waals surface area contributed by atoms with Gasteiger partial charge in [0, 0.05) is 32.8 Å². The summed E-state index contributed by atoms with van der Waals surface area (Å²) in [4.78, 5) is 2.55. The largest absolute Gasteiger partial charge is 0.377 e. The number of nitrogens with one attached hydrogen (secondary N) is 1. The van der Waals surface area contributed by atoms with Crippen molar-refractivity contribution in [3.63, 3.8) is 0 Å². The van der Waals surface area contributed by atoms with Gasteiger partial charge in [0.1, 0.15) is 0 Å². The normalized spacial score (nSPS) is 23.0. The lowest BCUT2D eigenvalue weighted by atomic mass is 9.92. The fraction of sp³-hybridized carbons (Fsp3) is 1.00. The average Bonchev–Trinajstić information content (AvgIpc) is 2.52. The quantitative estimate of drug-likeness (QED) is 0.739. The van der Waals surface area contributed by atoms with Gasteiger partial charge in [-0.3, -0.25) is 4.90 Å². The minimum atomic E-state index is 0.441. The van der Waals surface area contributed by atoms with Crippen LogP contribution in [0.3, 0.4) is 0 Å². The van der Waals surface area contributed by atoms with Crippen LogP contribution >= 0.6 is 0 Å². The van der Waals surface area contributed by atoms with Gasteiger partial charge in [-0.2, -0.15) is 0 Å². The van der Waals surface area contributed by atoms with Crippen LogP contribution in [0.15, 0.2) is 0 Å². The van der Waals surface area contributed by atoms with E-state index in [9.17, 15) is 0 Å². The first kappa shape index (κ1) is 15.9. The van der Waals surface area contributed by atoms with Crippen molar-refractivity contribution in [3.05, 3.63) is 0 Å². The second-order valence-electron chi connectivity index (χ2n) is 6.62. The number of hydrogen-bond donors (Lipinski definition) is 1. The number of rotatable bonds is 6. The first-order chi connectivity index (χ1) is 8.51. The van der Waals surface area contributed by atoms with E-state index in [1.165, 1.54) is 19.4 Å². The first-order valence-corrected chi connectivity index (χ1v) is 7.56. The summed E-state index contributed by atoms with van der Waals surface area (Å²) in [5, 5.41) is 3.56. The molecule has 0 saturated carbocycles. The molecule has 1 rings (SSSR count). The van der Waals surface area contributed by atoms with Crippen molar-refractivity contribution in [2.24, 2.45) is 5.41 Å². The highest BCUT2D eigenvalue weighted by Crippen LogP contribution is 2.16. The fourth-order valence-corrected chi connectivity index (χ4v) is 2.25. The van der Waals surface area contributed by atoms with E-state index in [-0.39, 0.29) is 0 Å². The molecule has 1 atom stereocenters. The van der Waals surface area contributed by atoms with Gasteiger partial charge in [-0.25, -0.2) is 0 Å². The smallest absolute Gasteiger partial charge is 0.0699 e. The molecular formula is C15H32N2O. The van der Waals surface area contributed by atoms with E-state index in [1.54, 1.807) is 0 Å². The Balaban J connectivity index is 2.10. The van der Waals surface area contributed by atoms with Crippen LogP contribution in [0.25, 0.3) is 0 Å². The van der Waals surface area contributed by atoms with Crippen molar-refractivity contribution in [1.29, 1.82) is 0 Å². The second-order valence-corrected chi connectivity index (χ2v) is 6.62. The van der Waals surface area contributed by atoms with E-state index < -0.39 is 0 Å². The molecule has 3 nitrogen and oxygen atoms in total. The molecule has 18 heavy (non-hydrogen) atoms. The number of ether oxygens (including phenoxy) is 1. The fourth-order valence-electron chi connectivity index (χ4n) is 2.25. The van der Waals surface area contributed by atoms with E-state index in [0.29, 0.717) is 11.5 Å². The van der Waals surface area contributed by atoms with Crippen molar-refractivity contribution in [2.45, 2.75) is 53.1 Å². The van der Waals surface area contributed by atoms with Gasteiger partial charge in [-0.15, -0.1) is 0 Å². The highest BCUT2D eigenvalue weighted by atomic mass is 16.5. The van der Waals surface area contributed by atoms with Gasteiger partial charge in [0.2, 0.25) is 0 Å². The van der Waals surface area contributed by atoms with Crippen molar-refractivity contribution in [2.75, 3.05) is 39.3 Å². The molecule has 0 radical (unpaired) electrons. The van der Waals surface area contributed by atoms with Crippen molar-refractivity contribution >= 4 is 0 Å². The Morgan fingerprint density at radius 3 is 2.72 bits per heavy atom. The van der Waals surface area contributed by atoms with Gasteiger partial charge >= 0.3 is 0 Å². The van der Waals surface area contributed by atoms with Crippen LogP contribution in [0.1, 0.15) is 47.0 Å². The summed E-state index contributed by atoms with van der Waals surface area (Å²) < 4.78 is 5.79. The standard InChI is InChI=1S/C15H32N2O/c1-5-14-13-17(10-6-12-18-14)11-9-16-8-7-15(2,3)4/h14,16H,5-13H2,1-4H3. The van der Waals surface area contributed by atoms with E-state index in [0.717, 1.165) is 39.2 Å². The van der Waals surface area contributed by atoms with Gasteiger partial charge in [0.05, 0.1) is 6.10 Å². The molecule has 1 aliphatic rings. The minimum Gasteiger partial charge on any atom is -0.377 e. The van der Waals surface area contributed by atoms with Gasteiger partial charge in [-0.05, 0) is 31.2 Å². The van der Waals surface area contributed by atoms with Crippen LogP contribution in [0, 0.1) is 5.41 Å². The van der Waals surface area contributed by atoms with Crippen LogP contribution in [-0.2, 0) is 4.74 Å². The average molecular weight is 256 g/mol. The van der Waals surface area contributed by atoms with Crippen LogP contribution in [0.5, 0.6) is 0 Å². The maximum Gasteiger partial charge on any atom is 0.0699 e. The predicted molar refractivity (Wildman–Crippen MR) is 78.0 cm³/mol. The van der Waals surface area contributed by atoms with E-state index in [1.807, 2.05) is 0 Å². The molecule has 1 saturated heterocycles. The Morgan fingerprint density at radius 1 is 1.28 bits per heavy atom. The van der Waals surface area contributed by atoms with Crippen molar-refractivity contribution in [1.82, 2.24) is 10.2 Å². The molecule has 3 heteroatoms. The molecule has 1 fully saturated rings. The molecule has 0 aromatic carbocycles. The predicted octanol–water partition coefficient (Wildman–Crippen LogP) is 2.51. The van der Waals surface area contributed by atoms with Crippen LogP contribution in [0.2, 0.25) is 0 Å². The molecule has 0 aliphatic carbocycles. The van der Waals surface area contributed by atoms with Crippen molar-refractivity contribution in [3.8, 4) is 0 Å². The molecular weight excluding hydrogens is 224 g/mol. The second kappa shape index (κ2) is 8.13. The minimum absolute atomic E-state index is 0.441. The van der Waals surface area contributed by atoms with Crippen molar-refractivity contribution < 1.29 is 4.74 Å². The lowest BCUT2D eigenvalue weighted by Crippen LogP contribution is -2.37. The SMILES string of the molecule is CCC1CN(CCNCCC(C)(C)C)CCCO1. The number of nitrogens with zero attached hydrogens (tertiary/aromatic N) is 1. The molecule has 0 aromatic rings. The van der Waals surface area contributed by atoms with Crippen LogP contribution in [-0.4, -0.2) is 50.3 Å². The third-order valence-electron chi connectivity index (χ3n) is 3.55. The molecule has 0 amide bonds. The molecule has 0 aromatic heterocycles. The number of hydrogen-bond acceptors (Lipinski definition) is 3. The molecule has 1 unspecified atom stereocenters. The van der Waals surface area contributed by atoms with Gasteiger partial charge in [0.25, 0.3) is 0 Å². The van der Waals surface area contributed by atoms with Gasteiger partial charge in [0.15, 0.2) is 0 Å². The maximum absolute atomic E-state index is 5.79. The Morgan fingerprint density at radius 2 is 2.06 bits per heavy atom. The Labute approximate surface area is 113 Å². The highest BCUT2D eigenvalue weighted by molar-refractivity contribution is 4.70. The lowest BCUT2D eigenvalue weighted by molar-refractivity contribution is 0.0521. The topological polar surface area (TPSA) is 24.5 Å².